The Morgan fingerprint density at radius 2 is 1.91 bits per heavy atom. The summed E-state index contributed by atoms with van der Waals surface area (Å²) in [6.45, 7) is 1.31. The molecule has 2 atom stereocenters. The molecule has 32 heavy (non-hydrogen) atoms. The van der Waals surface area contributed by atoms with Crippen molar-refractivity contribution in [1.82, 2.24) is 15.1 Å². The second-order valence-corrected chi connectivity index (χ2v) is 10.6. The predicted octanol–water partition coefficient (Wildman–Crippen LogP) is 0.866. The lowest BCUT2D eigenvalue weighted by Crippen LogP contribution is -2.43. The van der Waals surface area contributed by atoms with Gasteiger partial charge in [0.15, 0.2) is 11.5 Å². The first-order valence-corrected chi connectivity index (χ1v) is 12.8. The lowest BCUT2D eigenvalue weighted by atomic mass is 10.0. The van der Waals surface area contributed by atoms with Crippen LogP contribution in [0.25, 0.3) is 0 Å². The summed E-state index contributed by atoms with van der Waals surface area (Å²) in [5.41, 5.74) is 0.920. The third-order valence-corrected chi connectivity index (χ3v) is 6.88. The zero-order chi connectivity index (χ0) is 22.9. The van der Waals surface area contributed by atoms with Crippen LogP contribution in [0.4, 0.5) is 4.79 Å². The van der Waals surface area contributed by atoms with Crippen LogP contribution in [-0.4, -0.2) is 80.4 Å². The van der Waals surface area contributed by atoms with Crippen LogP contribution in [0.3, 0.4) is 0 Å². The first kappa shape index (κ1) is 22.4. The van der Waals surface area contributed by atoms with E-state index in [-0.39, 0.29) is 30.7 Å². The Bertz CT molecular complexity index is 1030. The van der Waals surface area contributed by atoms with Crippen LogP contribution >= 0.6 is 0 Å². The number of hydrogen-bond donors (Lipinski definition) is 1. The summed E-state index contributed by atoms with van der Waals surface area (Å²) < 4.78 is 34.2. The maximum absolute atomic E-state index is 13.0. The minimum atomic E-state index is -3.27. The number of amides is 4. The maximum Gasteiger partial charge on any atom is 0.325 e. The van der Waals surface area contributed by atoms with Crippen molar-refractivity contribution in [3.05, 3.63) is 23.8 Å². The van der Waals surface area contributed by atoms with E-state index in [0.29, 0.717) is 31.3 Å². The molecule has 3 heterocycles. The molecule has 0 unspecified atom stereocenters. The summed E-state index contributed by atoms with van der Waals surface area (Å²) in [4.78, 5) is 40.4. The van der Waals surface area contributed by atoms with E-state index in [4.69, 9.17) is 9.47 Å². The molecule has 4 amide bonds. The number of nitrogens with zero attached hydrogens (tertiary/aromatic N) is 2. The quantitative estimate of drug-likeness (QED) is 0.619. The van der Waals surface area contributed by atoms with Gasteiger partial charge in [-0.15, -0.1) is 0 Å². The van der Waals surface area contributed by atoms with E-state index < -0.39 is 27.8 Å². The van der Waals surface area contributed by atoms with Crippen LogP contribution in [0.15, 0.2) is 18.2 Å². The number of hydrogen-bond acceptors (Lipinski definition) is 7. The van der Waals surface area contributed by atoms with Crippen molar-refractivity contribution >= 4 is 27.7 Å². The zero-order valence-corrected chi connectivity index (χ0v) is 18.7. The summed E-state index contributed by atoms with van der Waals surface area (Å²) in [7, 11) is -3.27. The summed E-state index contributed by atoms with van der Waals surface area (Å²) in [5, 5.41) is 2.48. The molecule has 0 spiro atoms. The molecule has 0 aliphatic carbocycles. The summed E-state index contributed by atoms with van der Waals surface area (Å²) in [5.74, 6) is 0.220. The number of rotatable bonds is 6. The number of ether oxygens (including phenoxy) is 2. The summed E-state index contributed by atoms with van der Waals surface area (Å²) in [6, 6.07) is 3.88. The molecule has 10 nitrogen and oxygen atoms in total. The number of urea groups is 1. The average Bonchev–Trinajstić information content (AvgIpc) is 3.24. The Labute approximate surface area is 186 Å². The minimum absolute atomic E-state index is 0.0162. The van der Waals surface area contributed by atoms with Crippen molar-refractivity contribution in [2.24, 2.45) is 0 Å². The van der Waals surface area contributed by atoms with Crippen molar-refractivity contribution < 1.29 is 32.3 Å². The van der Waals surface area contributed by atoms with Crippen molar-refractivity contribution in [2.75, 3.05) is 38.3 Å². The monoisotopic (exact) mass is 465 g/mol. The molecular weight excluding hydrogens is 438 g/mol. The molecule has 0 aromatic heterocycles. The van der Waals surface area contributed by atoms with E-state index in [1.165, 1.54) is 0 Å². The fourth-order valence-electron chi connectivity index (χ4n) is 4.28. The first-order chi connectivity index (χ1) is 15.2. The van der Waals surface area contributed by atoms with Gasteiger partial charge in [-0.05, 0) is 37.0 Å². The molecule has 3 aliphatic rings. The predicted molar refractivity (Wildman–Crippen MR) is 114 cm³/mol. The van der Waals surface area contributed by atoms with Crippen LogP contribution in [0.1, 0.15) is 37.3 Å². The molecule has 1 N–H and O–H groups in total. The Morgan fingerprint density at radius 1 is 1.16 bits per heavy atom. The molecule has 0 radical (unpaired) electrons. The Balaban J connectivity index is 1.43. The van der Waals surface area contributed by atoms with Gasteiger partial charge in [0, 0.05) is 19.2 Å². The van der Waals surface area contributed by atoms with Gasteiger partial charge in [0.1, 0.15) is 22.4 Å². The Morgan fingerprint density at radius 3 is 2.66 bits per heavy atom. The maximum atomic E-state index is 13.0. The number of fused-ring (bicyclic) bond motifs is 1. The number of likely N-dealkylation sites (tertiary alicyclic amines) is 1. The third-order valence-electron chi connectivity index (χ3n) is 5.91. The van der Waals surface area contributed by atoms with Crippen LogP contribution in [0.5, 0.6) is 11.5 Å². The highest BCUT2D eigenvalue weighted by Gasteiger charge is 2.41. The fraction of sp³-hybridized carbons (Fsp3) is 0.571. The number of benzene rings is 1. The topological polar surface area (TPSA) is 122 Å². The first-order valence-electron chi connectivity index (χ1n) is 10.7. The van der Waals surface area contributed by atoms with E-state index in [0.717, 1.165) is 36.0 Å². The van der Waals surface area contributed by atoms with Gasteiger partial charge >= 0.3 is 6.03 Å². The second-order valence-electron chi connectivity index (χ2n) is 8.35. The normalized spacial score (nSPS) is 23.3. The molecule has 1 aromatic rings. The summed E-state index contributed by atoms with van der Waals surface area (Å²) in [6.07, 6.45) is 3.43. The van der Waals surface area contributed by atoms with E-state index in [9.17, 15) is 22.8 Å². The highest BCUT2D eigenvalue weighted by Crippen LogP contribution is 2.38. The van der Waals surface area contributed by atoms with Crippen molar-refractivity contribution in [3.8, 4) is 11.5 Å². The van der Waals surface area contributed by atoms with Crippen LogP contribution in [-0.2, 0) is 19.4 Å². The number of carbonyl (C=O) groups is 3. The molecular formula is C21H27N3O7S. The molecule has 11 heteroatoms. The smallest absolute Gasteiger partial charge is 0.325 e. The molecule has 1 aromatic carbocycles. The van der Waals surface area contributed by atoms with E-state index in [1.807, 2.05) is 18.2 Å². The number of nitrogens with one attached hydrogen (secondary N) is 1. The highest BCUT2D eigenvalue weighted by molar-refractivity contribution is 7.90. The average molecular weight is 466 g/mol. The lowest BCUT2D eigenvalue weighted by Gasteiger charge is -2.27. The lowest BCUT2D eigenvalue weighted by molar-refractivity contribution is -0.138. The Kier molecular flexibility index (Phi) is 6.27. The molecule has 0 saturated carbocycles. The van der Waals surface area contributed by atoms with Gasteiger partial charge in [0.2, 0.25) is 5.91 Å². The molecule has 174 valence electrons. The van der Waals surface area contributed by atoms with Gasteiger partial charge in [-0.3, -0.25) is 14.5 Å². The number of carbonyl (C=O) groups excluding carboxylic acids is 3. The van der Waals surface area contributed by atoms with Gasteiger partial charge in [0.25, 0.3) is 5.91 Å². The van der Waals surface area contributed by atoms with Crippen LogP contribution in [0.2, 0.25) is 0 Å². The minimum Gasteiger partial charge on any atom is -0.490 e. The zero-order valence-electron chi connectivity index (χ0n) is 17.9. The van der Waals surface area contributed by atoms with E-state index >= 15 is 0 Å². The van der Waals surface area contributed by atoms with Crippen LogP contribution in [0, 0.1) is 0 Å². The number of sulfone groups is 1. The van der Waals surface area contributed by atoms with Crippen molar-refractivity contribution in [1.29, 1.82) is 0 Å². The van der Waals surface area contributed by atoms with Gasteiger partial charge < -0.3 is 19.7 Å². The van der Waals surface area contributed by atoms with Gasteiger partial charge in [-0.25, -0.2) is 13.2 Å². The summed E-state index contributed by atoms with van der Waals surface area (Å²) >= 11 is 0. The highest BCUT2D eigenvalue weighted by atomic mass is 32.2. The largest absolute Gasteiger partial charge is 0.490 e. The van der Waals surface area contributed by atoms with Crippen LogP contribution < -0.4 is 14.8 Å². The van der Waals surface area contributed by atoms with Gasteiger partial charge in [-0.2, -0.15) is 0 Å². The molecule has 0 bridgehead atoms. The Hall–Kier alpha value is -2.82. The van der Waals surface area contributed by atoms with E-state index in [2.05, 4.69) is 5.32 Å². The fourth-order valence-corrected chi connectivity index (χ4v) is 4.94. The second kappa shape index (κ2) is 8.97. The van der Waals surface area contributed by atoms with Gasteiger partial charge in [-0.1, -0.05) is 6.07 Å². The molecule has 3 aliphatic heterocycles. The number of imide groups is 1. The standard InChI is InChI=1S/C21H27N3O7S/c1-32(28,29)11-7-15-20(26)24(21(27)22-15)13-19(25)23-8-2-4-16(23)14-5-6-17-18(12-14)31-10-3-9-30-17/h5-6,12,15-16H,2-4,7-11,13H2,1H3,(H,22,27)/t15-,16+/m1/s1. The molecule has 4 rings (SSSR count). The SMILES string of the molecule is CS(=O)(=O)CC[C@H]1NC(=O)N(CC(=O)N2CCC[C@H]2c2ccc3c(c2)OCCCO3)C1=O. The molecule has 2 fully saturated rings. The van der Waals surface area contributed by atoms with Crippen molar-refractivity contribution in [2.45, 2.75) is 37.8 Å². The third kappa shape index (κ3) is 4.82. The molecule has 2 saturated heterocycles. The van der Waals surface area contributed by atoms with Crippen molar-refractivity contribution in [3.63, 3.8) is 0 Å². The van der Waals surface area contributed by atoms with E-state index in [1.54, 1.807) is 4.90 Å². The van der Waals surface area contributed by atoms with Gasteiger partial charge in [0.05, 0.1) is 25.0 Å².